The normalized spacial score (nSPS) is 18.6. The van der Waals surface area contributed by atoms with Crippen LogP contribution in [0, 0.1) is 11.6 Å². The molecule has 0 bridgehead atoms. The van der Waals surface area contributed by atoms with Crippen molar-refractivity contribution >= 4 is 22.8 Å². The van der Waals surface area contributed by atoms with Gasteiger partial charge in [-0.2, -0.15) is 0 Å². The number of nitrogen functional groups attached to an aromatic ring is 1. The molecule has 206 valence electrons. The summed E-state index contributed by atoms with van der Waals surface area (Å²) in [5, 5.41) is 10.1. The lowest BCUT2D eigenvalue weighted by molar-refractivity contribution is -0.0529. The van der Waals surface area contributed by atoms with E-state index in [1.54, 1.807) is 15.5 Å². The molecule has 2 atom stereocenters. The molecule has 10 nitrogen and oxygen atoms in total. The van der Waals surface area contributed by atoms with Crippen LogP contribution >= 0.6 is 0 Å². The van der Waals surface area contributed by atoms with Crippen molar-refractivity contribution < 1.29 is 27.4 Å². The van der Waals surface area contributed by atoms with Gasteiger partial charge in [-0.05, 0) is 25.0 Å². The van der Waals surface area contributed by atoms with Crippen LogP contribution in [0.1, 0.15) is 18.4 Å². The van der Waals surface area contributed by atoms with Gasteiger partial charge in [0.2, 0.25) is 0 Å². The number of pyridine rings is 1. The van der Waals surface area contributed by atoms with Gasteiger partial charge >= 0.3 is 0 Å². The second-order valence-corrected chi connectivity index (χ2v) is 9.51. The molecule has 3 aromatic heterocycles. The van der Waals surface area contributed by atoms with Crippen molar-refractivity contribution in [2.24, 2.45) is 5.73 Å². The van der Waals surface area contributed by atoms with E-state index < -0.39 is 29.7 Å². The summed E-state index contributed by atoms with van der Waals surface area (Å²) in [6, 6.07) is 3.58. The fourth-order valence-electron chi connectivity index (χ4n) is 4.94. The number of halogens is 4. The minimum Gasteiger partial charge on any atom is -0.494 e. The van der Waals surface area contributed by atoms with Crippen LogP contribution in [0.4, 0.5) is 29.2 Å². The molecule has 0 amide bonds. The Morgan fingerprint density at radius 2 is 1.92 bits per heavy atom. The third-order valence-electron chi connectivity index (χ3n) is 6.95. The quantitative estimate of drug-likeness (QED) is 0.298. The maximum Gasteiger partial charge on any atom is 0.265 e. The largest absolute Gasteiger partial charge is 0.494 e. The minimum absolute atomic E-state index is 0.0457. The first-order valence-electron chi connectivity index (χ1n) is 12.0. The van der Waals surface area contributed by atoms with Crippen molar-refractivity contribution in [3.63, 3.8) is 0 Å². The number of anilines is 2. The van der Waals surface area contributed by atoms with Gasteiger partial charge in [-0.1, -0.05) is 0 Å². The van der Waals surface area contributed by atoms with Gasteiger partial charge in [0.1, 0.15) is 29.6 Å². The zero-order valence-electron chi connectivity index (χ0n) is 20.9. The number of fused-ring (bicyclic) bond motifs is 1. The summed E-state index contributed by atoms with van der Waals surface area (Å²) >= 11 is 0. The summed E-state index contributed by atoms with van der Waals surface area (Å²) in [4.78, 5) is 18.7. The Morgan fingerprint density at radius 3 is 2.67 bits per heavy atom. The predicted molar refractivity (Wildman–Crippen MR) is 135 cm³/mol. The van der Waals surface area contributed by atoms with Gasteiger partial charge in [0.05, 0.1) is 25.5 Å². The van der Waals surface area contributed by atoms with Gasteiger partial charge < -0.3 is 30.8 Å². The van der Waals surface area contributed by atoms with Crippen molar-refractivity contribution in [3.8, 4) is 16.9 Å². The number of ether oxygens (including phenoxy) is 1. The average molecular weight is 547 g/mol. The fourth-order valence-corrected chi connectivity index (χ4v) is 4.94. The number of aliphatic hydroxyl groups is 1. The Morgan fingerprint density at radius 1 is 1.13 bits per heavy atom. The van der Waals surface area contributed by atoms with E-state index in [0.717, 1.165) is 12.1 Å². The lowest BCUT2D eigenvalue weighted by atomic mass is 9.84. The molecule has 1 unspecified atom stereocenters. The molecule has 0 radical (unpaired) electrons. The first-order valence-corrected chi connectivity index (χ1v) is 12.0. The Bertz CT molecular complexity index is 1520. The number of piperidine rings is 1. The number of alkyl halides is 2. The summed E-state index contributed by atoms with van der Waals surface area (Å²) < 4.78 is 62.7. The van der Waals surface area contributed by atoms with E-state index in [9.17, 15) is 22.7 Å². The summed E-state index contributed by atoms with van der Waals surface area (Å²) in [6.07, 6.45) is -0.257. The van der Waals surface area contributed by atoms with E-state index in [-0.39, 0.29) is 42.2 Å². The molecule has 14 heteroatoms. The lowest BCUT2D eigenvalue weighted by Crippen LogP contribution is -2.63. The standard InChI is InChI=1S/C25H26F4N8O2/c1-39-18-7-16(26)15(6-17(18)27)13-5-14(9-37-12-35-19-22(30)33-11-34-24(19)37)23(32-8-13)36-4-2-3-25(31,10-36)20(38)21(28)29/h5-8,11-12,20-21,38H,2-4,9-10,31H2,1H3,(H2,30,33,34)/t20-,25?/m1/s1. The molecule has 5 N–H and O–H groups in total. The van der Waals surface area contributed by atoms with Crippen molar-refractivity contribution in [2.45, 2.75) is 37.5 Å². The van der Waals surface area contributed by atoms with Gasteiger partial charge in [0.25, 0.3) is 6.43 Å². The topological polar surface area (TPSA) is 141 Å². The number of aliphatic hydroxyl groups excluding tert-OH is 1. The number of imidazole rings is 1. The van der Waals surface area contributed by atoms with E-state index in [4.69, 9.17) is 16.2 Å². The molecule has 1 saturated heterocycles. The molecular formula is C25H26F4N8O2. The highest BCUT2D eigenvalue weighted by atomic mass is 19.3. The number of nitrogens with zero attached hydrogens (tertiary/aromatic N) is 6. The van der Waals surface area contributed by atoms with Gasteiger partial charge in [-0.3, -0.25) is 0 Å². The number of rotatable bonds is 7. The number of aromatic nitrogens is 5. The number of hydrogen-bond acceptors (Lipinski definition) is 9. The lowest BCUT2D eigenvalue weighted by Gasteiger charge is -2.43. The zero-order chi connectivity index (χ0) is 27.9. The van der Waals surface area contributed by atoms with Crippen LogP contribution in [-0.4, -0.2) is 67.9 Å². The Hall–Kier alpha value is -4.04. The second kappa shape index (κ2) is 10.3. The molecule has 0 aliphatic carbocycles. The van der Waals surface area contributed by atoms with Crippen LogP contribution in [0.3, 0.4) is 0 Å². The average Bonchev–Trinajstić information content (AvgIpc) is 3.33. The molecule has 0 spiro atoms. The van der Waals surface area contributed by atoms with Gasteiger partial charge in [0.15, 0.2) is 23.0 Å². The van der Waals surface area contributed by atoms with Crippen LogP contribution in [0.25, 0.3) is 22.3 Å². The highest BCUT2D eigenvalue weighted by Crippen LogP contribution is 2.34. The molecule has 0 saturated carbocycles. The van der Waals surface area contributed by atoms with E-state index in [0.29, 0.717) is 35.5 Å². The zero-order valence-corrected chi connectivity index (χ0v) is 20.9. The van der Waals surface area contributed by atoms with Crippen LogP contribution < -0.4 is 21.1 Å². The second-order valence-electron chi connectivity index (χ2n) is 9.51. The highest BCUT2D eigenvalue weighted by molar-refractivity contribution is 5.81. The van der Waals surface area contributed by atoms with Crippen molar-refractivity contribution in [1.29, 1.82) is 0 Å². The molecule has 1 aliphatic rings. The third kappa shape index (κ3) is 4.92. The summed E-state index contributed by atoms with van der Waals surface area (Å²) in [5.41, 5.74) is 12.1. The molecule has 5 rings (SSSR count). The monoisotopic (exact) mass is 546 g/mol. The van der Waals surface area contributed by atoms with Crippen LogP contribution in [0.15, 0.2) is 37.1 Å². The SMILES string of the molecule is COc1cc(F)c(-c2cnc(N3CCCC(N)([C@H](O)C(F)F)C3)c(Cn3cnc4c(N)ncnc43)c2)cc1F. The van der Waals surface area contributed by atoms with E-state index >= 15 is 0 Å². The minimum atomic E-state index is -3.01. The Balaban J connectivity index is 1.60. The fraction of sp³-hybridized carbons (Fsp3) is 0.360. The van der Waals surface area contributed by atoms with Crippen LogP contribution in [0.5, 0.6) is 5.75 Å². The summed E-state index contributed by atoms with van der Waals surface area (Å²) in [7, 11) is 1.23. The molecule has 4 heterocycles. The van der Waals surface area contributed by atoms with E-state index in [2.05, 4.69) is 19.9 Å². The highest BCUT2D eigenvalue weighted by Gasteiger charge is 2.43. The summed E-state index contributed by atoms with van der Waals surface area (Å²) in [6.45, 7) is 0.456. The molecular weight excluding hydrogens is 520 g/mol. The number of hydrogen-bond donors (Lipinski definition) is 3. The van der Waals surface area contributed by atoms with Crippen molar-refractivity contribution in [3.05, 3.63) is 54.2 Å². The first-order chi connectivity index (χ1) is 18.6. The first kappa shape index (κ1) is 26.6. The van der Waals surface area contributed by atoms with Gasteiger partial charge in [0, 0.05) is 42.0 Å². The van der Waals surface area contributed by atoms with Crippen LogP contribution in [0.2, 0.25) is 0 Å². The Labute approximate surface area is 220 Å². The summed E-state index contributed by atoms with van der Waals surface area (Å²) in [5.74, 6) is -1.15. The molecule has 4 aromatic rings. The molecule has 1 aromatic carbocycles. The van der Waals surface area contributed by atoms with Crippen molar-refractivity contribution in [1.82, 2.24) is 24.5 Å². The van der Waals surface area contributed by atoms with E-state index in [1.807, 2.05) is 0 Å². The van der Waals surface area contributed by atoms with E-state index in [1.165, 1.54) is 26.0 Å². The maximum atomic E-state index is 14.9. The van der Waals surface area contributed by atoms with Crippen molar-refractivity contribution in [2.75, 3.05) is 30.8 Å². The van der Waals surface area contributed by atoms with Gasteiger partial charge in [-0.15, -0.1) is 0 Å². The smallest absolute Gasteiger partial charge is 0.265 e. The number of benzene rings is 1. The third-order valence-corrected chi connectivity index (χ3v) is 6.95. The Kier molecular flexibility index (Phi) is 6.99. The van der Waals surface area contributed by atoms with Crippen LogP contribution in [-0.2, 0) is 6.54 Å². The maximum absolute atomic E-state index is 14.9. The molecule has 39 heavy (non-hydrogen) atoms. The van der Waals surface area contributed by atoms with Gasteiger partial charge in [-0.25, -0.2) is 37.5 Å². The molecule has 1 aliphatic heterocycles. The number of nitrogens with two attached hydrogens (primary N) is 2. The predicted octanol–water partition coefficient (Wildman–Crippen LogP) is 2.73. The number of methoxy groups -OCH3 is 1. The molecule has 1 fully saturated rings.